The third-order valence-electron chi connectivity index (χ3n) is 4.21. The maximum Gasteiger partial charge on any atom is 0.424 e. The Hall–Kier alpha value is -1.12. The highest BCUT2D eigenvalue weighted by molar-refractivity contribution is 9.10. The van der Waals surface area contributed by atoms with Crippen molar-refractivity contribution in [2.24, 2.45) is 4.76 Å². The van der Waals surface area contributed by atoms with Crippen LogP contribution in [-0.2, 0) is 9.30 Å². The fraction of sp³-hybridized carbons (Fsp3) is 0.684. The molecule has 0 aliphatic carbocycles. The first kappa shape index (κ1) is 26.9. The molecule has 170 valence electrons. The van der Waals surface area contributed by atoms with Crippen molar-refractivity contribution in [3.63, 3.8) is 0 Å². The minimum atomic E-state index is -3.53. The van der Waals surface area contributed by atoms with Crippen molar-refractivity contribution in [1.82, 2.24) is 4.98 Å². The molecule has 1 atom stereocenters. The average Bonchev–Trinajstić information content (AvgIpc) is 2.70. The van der Waals surface area contributed by atoms with Crippen LogP contribution in [0.15, 0.2) is 15.4 Å². The lowest BCUT2D eigenvalue weighted by Crippen LogP contribution is -1.99. The zero-order chi connectivity index (χ0) is 22.4. The summed E-state index contributed by atoms with van der Waals surface area (Å²) in [6.45, 7) is 2.80. The molecule has 0 aliphatic rings. The van der Waals surface area contributed by atoms with Crippen LogP contribution >= 0.6 is 34.0 Å². The van der Waals surface area contributed by atoms with Crippen LogP contribution in [0.3, 0.4) is 0 Å². The van der Waals surface area contributed by atoms with E-state index in [2.05, 4.69) is 32.6 Å². The molecule has 0 radical (unpaired) electrons. The average molecular weight is 524 g/mol. The molecule has 30 heavy (non-hydrogen) atoms. The first-order valence-electron chi connectivity index (χ1n) is 10.2. The van der Waals surface area contributed by atoms with Gasteiger partial charge in [0.1, 0.15) is 10.7 Å². The van der Waals surface area contributed by atoms with Gasteiger partial charge in [0.2, 0.25) is 5.88 Å². The summed E-state index contributed by atoms with van der Waals surface area (Å²) in [5.74, 6) is 0.681. The number of pyridine rings is 1. The van der Waals surface area contributed by atoms with Crippen molar-refractivity contribution in [2.45, 2.75) is 72.1 Å². The zero-order valence-corrected chi connectivity index (χ0v) is 21.1. The number of hydrogen-bond acceptors (Lipinski definition) is 7. The van der Waals surface area contributed by atoms with Gasteiger partial charge in [-0.2, -0.15) is 4.76 Å². The van der Waals surface area contributed by atoms with Crippen molar-refractivity contribution in [2.75, 3.05) is 12.4 Å². The van der Waals surface area contributed by atoms with E-state index in [4.69, 9.17) is 9.26 Å². The van der Waals surface area contributed by atoms with Crippen LogP contribution in [-0.4, -0.2) is 28.7 Å². The molecule has 1 aromatic heterocycles. The van der Waals surface area contributed by atoms with E-state index in [0.717, 1.165) is 49.7 Å². The molecule has 0 N–H and O–H groups in total. The van der Waals surface area contributed by atoms with E-state index in [1.165, 1.54) is 25.7 Å². The van der Waals surface area contributed by atoms with Gasteiger partial charge in [-0.25, -0.2) is 9.55 Å². The third-order valence-corrected chi connectivity index (χ3v) is 8.82. The summed E-state index contributed by atoms with van der Waals surface area (Å²) in [4.78, 5) is 14.5. The van der Waals surface area contributed by atoms with E-state index in [-0.39, 0.29) is 16.0 Å². The highest BCUT2D eigenvalue weighted by Crippen LogP contribution is 2.61. The summed E-state index contributed by atoms with van der Waals surface area (Å²) in [5.41, 5.74) is 0.215. The van der Waals surface area contributed by atoms with Gasteiger partial charge in [-0.3, -0.25) is 10.1 Å². The number of unbranched alkanes of at least 4 members (excludes halogenated alkanes) is 6. The van der Waals surface area contributed by atoms with Gasteiger partial charge in [-0.05, 0) is 47.1 Å². The Balaban J connectivity index is 2.83. The number of nitrogens with zero attached hydrogens (tertiary/aromatic N) is 3. The number of nitro groups is 1. The fourth-order valence-electron chi connectivity index (χ4n) is 2.40. The molecule has 0 bridgehead atoms. The Morgan fingerprint density at radius 2 is 1.90 bits per heavy atom. The second-order valence-corrected chi connectivity index (χ2v) is 11.7. The van der Waals surface area contributed by atoms with E-state index in [9.17, 15) is 14.7 Å². The molecule has 11 heteroatoms. The molecule has 0 aromatic carbocycles. The molecule has 1 rings (SSSR count). The maximum absolute atomic E-state index is 13.3. The number of ether oxygens (including phenoxy) is 1. The minimum Gasteiger partial charge on any atom is -0.483 e. The summed E-state index contributed by atoms with van der Waals surface area (Å²) in [6.07, 6.45) is 10.9. The molecule has 0 aliphatic heterocycles. The molecule has 1 aromatic rings. The van der Waals surface area contributed by atoms with Crippen LogP contribution in [0.2, 0.25) is 0 Å². The molecular weight excluding hydrogens is 493 g/mol. The van der Waals surface area contributed by atoms with Gasteiger partial charge in [-0.1, -0.05) is 52.4 Å². The first-order chi connectivity index (χ1) is 14.3. The lowest BCUT2D eigenvalue weighted by atomic mass is 10.1. The van der Waals surface area contributed by atoms with Crippen molar-refractivity contribution >= 4 is 46.1 Å². The molecule has 0 saturated carbocycles. The number of hydrogen-bond donors (Lipinski definition) is 0. The first-order valence-corrected chi connectivity index (χ1v) is 14.2. The largest absolute Gasteiger partial charge is 0.483 e. The molecular formula is C19H31BrN3O5PS. The summed E-state index contributed by atoms with van der Waals surface area (Å²) >= 11 is 4.33. The Bertz CT molecular complexity index is 751. The molecule has 0 amide bonds. The highest BCUT2D eigenvalue weighted by Gasteiger charge is 2.28. The van der Waals surface area contributed by atoms with Gasteiger partial charge in [-0.15, -0.1) is 0 Å². The molecule has 0 fully saturated rings. The van der Waals surface area contributed by atoms with Gasteiger partial charge in [0.15, 0.2) is 6.40 Å². The van der Waals surface area contributed by atoms with E-state index < -0.39 is 11.6 Å². The molecule has 1 heterocycles. The number of aromatic nitrogens is 1. The molecule has 0 spiro atoms. The van der Waals surface area contributed by atoms with Crippen molar-refractivity contribution in [1.29, 1.82) is 0 Å². The lowest BCUT2D eigenvalue weighted by Gasteiger charge is -2.15. The number of rotatable bonds is 16. The Morgan fingerprint density at radius 1 is 1.23 bits per heavy atom. The van der Waals surface area contributed by atoms with E-state index in [1.54, 1.807) is 6.92 Å². The minimum absolute atomic E-state index is 0.0527. The van der Waals surface area contributed by atoms with Gasteiger partial charge >= 0.3 is 12.4 Å². The lowest BCUT2D eigenvalue weighted by molar-refractivity contribution is -0.386. The standard InChI is InChI=1S/C19H31BrN3O5PS/c1-4-6-8-9-10-11-13-30-29(26,22-15-27-12-7-5-2)28-19-16(3)18(20)17(14-21-19)23(24)25/h14-15H,4-13H2,1-3H3. The maximum atomic E-state index is 13.3. The molecule has 0 saturated heterocycles. The van der Waals surface area contributed by atoms with Gasteiger partial charge in [0, 0.05) is 11.3 Å². The normalized spacial score (nSPS) is 13.3. The van der Waals surface area contributed by atoms with Crippen LogP contribution in [0.1, 0.15) is 70.8 Å². The number of halogens is 1. The predicted molar refractivity (Wildman–Crippen MR) is 127 cm³/mol. The Kier molecular flexibility index (Phi) is 13.3. The van der Waals surface area contributed by atoms with E-state index in [1.807, 2.05) is 6.92 Å². The van der Waals surface area contributed by atoms with E-state index in [0.29, 0.717) is 17.9 Å². The molecule has 8 nitrogen and oxygen atoms in total. The Morgan fingerprint density at radius 3 is 2.57 bits per heavy atom. The van der Waals surface area contributed by atoms with Gasteiger partial charge < -0.3 is 9.26 Å². The van der Waals surface area contributed by atoms with Crippen LogP contribution in [0.25, 0.3) is 0 Å². The van der Waals surface area contributed by atoms with E-state index >= 15 is 0 Å². The quantitative estimate of drug-likeness (QED) is 0.0551. The van der Waals surface area contributed by atoms with Crippen LogP contribution in [0.5, 0.6) is 5.88 Å². The second kappa shape index (κ2) is 14.8. The summed E-state index contributed by atoms with van der Waals surface area (Å²) in [5, 5.41) is 11.1. The predicted octanol–water partition coefficient (Wildman–Crippen LogP) is 7.49. The van der Waals surface area contributed by atoms with Crippen LogP contribution in [0.4, 0.5) is 5.69 Å². The molecule has 1 unspecified atom stereocenters. The summed E-state index contributed by atoms with van der Waals surface area (Å²) < 4.78 is 28.6. The fourth-order valence-corrected chi connectivity index (χ4v) is 5.90. The third kappa shape index (κ3) is 9.79. The topological polar surface area (TPSA) is 104 Å². The smallest absolute Gasteiger partial charge is 0.424 e. The zero-order valence-electron chi connectivity index (χ0n) is 17.8. The van der Waals surface area contributed by atoms with Crippen LogP contribution < -0.4 is 4.52 Å². The monoisotopic (exact) mass is 523 g/mol. The summed E-state index contributed by atoms with van der Waals surface area (Å²) in [6, 6.07) is 0. The second-order valence-electron chi connectivity index (χ2n) is 6.75. The SMILES string of the molecule is CCCCCCCCSP(=O)(N=COCCCC)Oc1ncc([N+](=O)[O-])c(Br)c1C. The van der Waals surface area contributed by atoms with Crippen LogP contribution in [0, 0.1) is 17.0 Å². The summed E-state index contributed by atoms with van der Waals surface area (Å²) in [7, 11) is 0. The van der Waals surface area contributed by atoms with Gasteiger partial charge in [0.25, 0.3) is 0 Å². The van der Waals surface area contributed by atoms with Crippen molar-refractivity contribution in [3.05, 3.63) is 26.3 Å². The van der Waals surface area contributed by atoms with Gasteiger partial charge in [0.05, 0.1) is 11.5 Å². The van der Waals surface area contributed by atoms with Crippen molar-refractivity contribution in [3.8, 4) is 5.88 Å². The van der Waals surface area contributed by atoms with Crippen molar-refractivity contribution < 1.29 is 18.7 Å². The Labute approximate surface area is 191 Å². The highest BCUT2D eigenvalue weighted by atomic mass is 79.9.